The van der Waals surface area contributed by atoms with Gasteiger partial charge in [-0.15, -0.1) is 10.2 Å². The van der Waals surface area contributed by atoms with E-state index in [9.17, 15) is 4.79 Å². The maximum Gasteiger partial charge on any atom is 0.234 e. The SMILES string of the molecule is COc1cc(NC(=O)CSc2nnc(N3CCOCC3)n2CC(C)C)cc(OC)c1. The Hall–Kier alpha value is -2.46. The quantitative estimate of drug-likeness (QED) is 0.601. The number of morpholine rings is 1. The van der Waals surface area contributed by atoms with Gasteiger partial charge in [0.15, 0.2) is 5.16 Å². The van der Waals surface area contributed by atoms with Gasteiger partial charge >= 0.3 is 0 Å². The van der Waals surface area contributed by atoms with Gasteiger partial charge in [-0.2, -0.15) is 0 Å². The molecule has 1 fully saturated rings. The highest BCUT2D eigenvalue weighted by Gasteiger charge is 2.21. The van der Waals surface area contributed by atoms with Crippen molar-refractivity contribution in [2.75, 3.05) is 56.5 Å². The first-order valence-corrected chi connectivity index (χ1v) is 10.9. The Balaban J connectivity index is 1.67. The molecule has 164 valence electrons. The maximum atomic E-state index is 12.5. The van der Waals surface area contributed by atoms with Crippen molar-refractivity contribution >= 4 is 29.3 Å². The van der Waals surface area contributed by atoms with Crippen LogP contribution in [0.15, 0.2) is 23.4 Å². The summed E-state index contributed by atoms with van der Waals surface area (Å²) in [5.41, 5.74) is 0.620. The molecular formula is C20H29N5O4S. The minimum atomic E-state index is -0.137. The normalized spacial score (nSPS) is 14.1. The van der Waals surface area contributed by atoms with Crippen molar-refractivity contribution in [3.63, 3.8) is 0 Å². The standard InChI is InChI=1S/C20H29N5O4S/c1-14(2)12-25-19(24-5-7-29-8-6-24)22-23-20(25)30-13-18(26)21-15-9-16(27-3)11-17(10-15)28-4/h9-11,14H,5-8,12-13H2,1-4H3,(H,21,26). The van der Waals surface area contributed by atoms with Crippen LogP contribution in [-0.2, 0) is 16.1 Å². The van der Waals surface area contributed by atoms with Crippen molar-refractivity contribution in [2.45, 2.75) is 25.5 Å². The van der Waals surface area contributed by atoms with Crippen LogP contribution in [0.25, 0.3) is 0 Å². The summed E-state index contributed by atoms with van der Waals surface area (Å²) in [6, 6.07) is 5.26. The first kappa shape index (κ1) is 22.2. The summed E-state index contributed by atoms with van der Waals surface area (Å²) in [4.78, 5) is 14.7. The fraction of sp³-hybridized carbons (Fsp3) is 0.550. The minimum absolute atomic E-state index is 0.137. The summed E-state index contributed by atoms with van der Waals surface area (Å²) in [6.07, 6.45) is 0. The fourth-order valence-corrected chi connectivity index (χ4v) is 3.86. The molecule has 2 heterocycles. The second kappa shape index (κ2) is 10.5. The van der Waals surface area contributed by atoms with Crippen molar-refractivity contribution in [1.29, 1.82) is 0 Å². The van der Waals surface area contributed by atoms with E-state index < -0.39 is 0 Å². The zero-order valence-corrected chi connectivity index (χ0v) is 18.7. The van der Waals surface area contributed by atoms with E-state index in [1.54, 1.807) is 32.4 Å². The van der Waals surface area contributed by atoms with Gasteiger partial charge in [0.1, 0.15) is 11.5 Å². The number of carbonyl (C=O) groups is 1. The van der Waals surface area contributed by atoms with Crippen LogP contribution >= 0.6 is 11.8 Å². The molecule has 0 aliphatic carbocycles. The lowest BCUT2D eigenvalue weighted by Gasteiger charge is -2.28. The van der Waals surface area contributed by atoms with Gasteiger partial charge in [-0.25, -0.2) is 0 Å². The molecular weight excluding hydrogens is 406 g/mol. The smallest absolute Gasteiger partial charge is 0.234 e. The molecule has 3 rings (SSSR count). The van der Waals surface area contributed by atoms with Gasteiger partial charge in [0.05, 0.1) is 33.2 Å². The van der Waals surface area contributed by atoms with Gasteiger partial charge in [0, 0.05) is 43.5 Å². The molecule has 0 spiro atoms. The van der Waals surface area contributed by atoms with E-state index in [0.29, 0.717) is 36.3 Å². The highest BCUT2D eigenvalue weighted by molar-refractivity contribution is 7.99. The van der Waals surface area contributed by atoms with Crippen molar-refractivity contribution in [3.05, 3.63) is 18.2 Å². The molecule has 2 aromatic rings. The molecule has 0 radical (unpaired) electrons. The van der Waals surface area contributed by atoms with E-state index >= 15 is 0 Å². The maximum absolute atomic E-state index is 12.5. The average Bonchev–Trinajstić information content (AvgIpc) is 3.14. The first-order valence-electron chi connectivity index (χ1n) is 9.91. The number of carbonyl (C=O) groups excluding carboxylic acids is 1. The van der Waals surface area contributed by atoms with Gasteiger partial charge in [0.2, 0.25) is 11.9 Å². The number of methoxy groups -OCH3 is 2. The number of benzene rings is 1. The Morgan fingerprint density at radius 3 is 2.43 bits per heavy atom. The average molecular weight is 436 g/mol. The lowest BCUT2D eigenvalue weighted by molar-refractivity contribution is -0.113. The summed E-state index contributed by atoms with van der Waals surface area (Å²) in [5, 5.41) is 12.4. The Bertz CT molecular complexity index is 829. The number of nitrogens with one attached hydrogen (secondary N) is 1. The summed E-state index contributed by atoms with van der Waals surface area (Å²) in [6.45, 7) is 8.04. The van der Waals surface area contributed by atoms with Crippen LogP contribution in [0.5, 0.6) is 11.5 Å². The minimum Gasteiger partial charge on any atom is -0.497 e. The molecule has 0 bridgehead atoms. The highest BCUT2D eigenvalue weighted by atomic mass is 32.2. The van der Waals surface area contributed by atoms with Crippen LogP contribution in [0.2, 0.25) is 0 Å². The highest BCUT2D eigenvalue weighted by Crippen LogP contribution is 2.27. The molecule has 1 aliphatic rings. The molecule has 30 heavy (non-hydrogen) atoms. The third-order valence-electron chi connectivity index (χ3n) is 4.51. The summed E-state index contributed by atoms with van der Waals surface area (Å²) >= 11 is 1.38. The first-order chi connectivity index (χ1) is 14.5. The van der Waals surface area contributed by atoms with E-state index in [4.69, 9.17) is 14.2 Å². The number of anilines is 2. The summed E-state index contributed by atoms with van der Waals surface area (Å²) in [5.74, 6) is 2.58. The van der Waals surface area contributed by atoms with Gasteiger partial charge in [-0.3, -0.25) is 9.36 Å². The molecule has 1 amide bonds. The topological polar surface area (TPSA) is 90.7 Å². The Morgan fingerprint density at radius 2 is 1.83 bits per heavy atom. The number of hydrogen-bond donors (Lipinski definition) is 1. The zero-order chi connectivity index (χ0) is 21.5. The lowest BCUT2D eigenvalue weighted by atomic mass is 10.2. The van der Waals surface area contributed by atoms with E-state index in [-0.39, 0.29) is 11.7 Å². The van der Waals surface area contributed by atoms with Crippen LogP contribution < -0.4 is 19.7 Å². The molecule has 0 unspecified atom stereocenters. The van der Waals surface area contributed by atoms with Gasteiger partial charge in [-0.1, -0.05) is 25.6 Å². The second-order valence-corrected chi connectivity index (χ2v) is 8.27. The monoisotopic (exact) mass is 435 g/mol. The third-order valence-corrected chi connectivity index (χ3v) is 5.47. The van der Waals surface area contributed by atoms with Crippen molar-refractivity contribution in [2.24, 2.45) is 5.92 Å². The molecule has 1 aliphatic heterocycles. The lowest BCUT2D eigenvalue weighted by Crippen LogP contribution is -2.38. The predicted molar refractivity (Wildman–Crippen MR) is 117 cm³/mol. The molecule has 1 N–H and O–H groups in total. The number of amides is 1. The molecule has 1 aromatic carbocycles. The van der Waals surface area contributed by atoms with Crippen LogP contribution in [0.3, 0.4) is 0 Å². The molecule has 0 atom stereocenters. The van der Waals surface area contributed by atoms with Crippen LogP contribution in [0, 0.1) is 5.92 Å². The Morgan fingerprint density at radius 1 is 1.17 bits per heavy atom. The molecule has 1 saturated heterocycles. The van der Waals surface area contributed by atoms with Crippen molar-refractivity contribution < 1.29 is 19.0 Å². The van der Waals surface area contributed by atoms with Crippen molar-refractivity contribution in [1.82, 2.24) is 14.8 Å². The fourth-order valence-electron chi connectivity index (χ4n) is 3.12. The molecule has 1 aromatic heterocycles. The van der Waals surface area contributed by atoms with E-state index in [0.717, 1.165) is 30.7 Å². The molecule has 9 nitrogen and oxygen atoms in total. The van der Waals surface area contributed by atoms with Crippen LogP contribution in [0.1, 0.15) is 13.8 Å². The third kappa shape index (κ3) is 5.79. The summed E-state index contributed by atoms with van der Waals surface area (Å²) < 4.78 is 18.0. The second-order valence-electron chi connectivity index (χ2n) is 7.32. The Kier molecular flexibility index (Phi) is 7.81. The molecule has 10 heteroatoms. The molecule has 0 saturated carbocycles. The number of nitrogens with zero attached hydrogens (tertiary/aromatic N) is 4. The Labute approximate surface area is 181 Å². The van der Waals surface area contributed by atoms with E-state index in [1.165, 1.54) is 11.8 Å². The van der Waals surface area contributed by atoms with Crippen LogP contribution in [-0.4, -0.2) is 66.9 Å². The predicted octanol–water partition coefficient (Wildman–Crippen LogP) is 2.52. The van der Waals surface area contributed by atoms with Crippen molar-refractivity contribution in [3.8, 4) is 11.5 Å². The van der Waals surface area contributed by atoms with Gasteiger partial charge in [0.25, 0.3) is 0 Å². The van der Waals surface area contributed by atoms with Crippen LogP contribution in [0.4, 0.5) is 11.6 Å². The number of hydrogen-bond acceptors (Lipinski definition) is 8. The number of ether oxygens (including phenoxy) is 3. The number of thioether (sulfide) groups is 1. The number of rotatable bonds is 9. The van der Waals surface area contributed by atoms with E-state index in [2.05, 4.69) is 38.8 Å². The number of aromatic nitrogens is 3. The van der Waals surface area contributed by atoms with Gasteiger partial charge < -0.3 is 24.4 Å². The largest absolute Gasteiger partial charge is 0.497 e. The van der Waals surface area contributed by atoms with Gasteiger partial charge in [-0.05, 0) is 5.92 Å². The van der Waals surface area contributed by atoms with E-state index in [1.807, 2.05) is 0 Å². The summed E-state index contributed by atoms with van der Waals surface area (Å²) in [7, 11) is 3.15. The zero-order valence-electron chi connectivity index (χ0n) is 17.9.